The van der Waals surface area contributed by atoms with Crippen LogP contribution in [-0.4, -0.2) is 25.4 Å². The Morgan fingerprint density at radius 2 is 1.78 bits per heavy atom. The molecule has 1 aliphatic rings. The molecule has 1 fully saturated rings. The molecule has 0 radical (unpaired) electrons. The van der Waals surface area contributed by atoms with Crippen LogP contribution in [0.2, 0.25) is 0 Å². The molecule has 162 valence electrons. The monoisotopic (exact) mass is 426 g/mol. The highest BCUT2D eigenvalue weighted by Gasteiger charge is 2.19. The first-order valence-corrected chi connectivity index (χ1v) is 11.1. The van der Waals surface area contributed by atoms with Gasteiger partial charge in [0.2, 0.25) is 5.91 Å². The zero-order valence-electron chi connectivity index (χ0n) is 17.9. The maximum absolute atomic E-state index is 12.3. The number of nitrogens with zero attached hydrogens (tertiary/aromatic N) is 4. The number of amides is 1. The number of nitrogens with two attached hydrogens (primary N) is 1. The average Bonchev–Trinajstić information content (AvgIpc) is 3.46. The molecule has 7 nitrogen and oxygen atoms in total. The van der Waals surface area contributed by atoms with Gasteiger partial charge in [-0.15, -0.1) is 0 Å². The van der Waals surface area contributed by atoms with Crippen LogP contribution in [0.4, 0.5) is 5.82 Å². The zero-order valence-corrected chi connectivity index (χ0v) is 17.9. The second kappa shape index (κ2) is 8.78. The number of aromatic nitrogens is 4. The predicted molar refractivity (Wildman–Crippen MR) is 125 cm³/mol. The standard InChI is InChI=1S/C25H26N6O/c26-23-20(7-3-13-27-23)24-30-21-8-4-14-28-25(21)31(24)19-11-9-18(10-12-19)16-29-22(32)15-17-5-1-2-6-17/h3-4,7-14,17H,1-2,5-6,15-16H2,(H2,26,27)(H,29,32). The quantitative estimate of drug-likeness (QED) is 0.480. The Balaban J connectivity index is 1.40. The molecule has 7 heteroatoms. The van der Waals surface area contributed by atoms with Gasteiger partial charge < -0.3 is 11.1 Å². The van der Waals surface area contributed by atoms with Gasteiger partial charge in [0.15, 0.2) is 11.5 Å². The minimum atomic E-state index is 0.139. The second-order valence-electron chi connectivity index (χ2n) is 8.35. The van der Waals surface area contributed by atoms with Crippen molar-refractivity contribution in [2.24, 2.45) is 5.92 Å². The maximum Gasteiger partial charge on any atom is 0.220 e. The Morgan fingerprint density at radius 3 is 2.56 bits per heavy atom. The molecule has 0 bridgehead atoms. The van der Waals surface area contributed by atoms with Gasteiger partial charge in [0.05, 0.1) is 5.56 Å². The Labute approximate surface area is 186 Å². The van der Waals surface area contributed by atoms with Crippen LogP contribution in [0.1, 0.15) is 37.7 Å². The van der Waals surface area contributed by atoms with Crippen LogP contribution >= 0.6 is 0 Å². The van der Waals surface area contributed by atoms with Crippen LogP contribution in [0.25, 0.3) is 28.2 Å². The van der Waals surface area contributed by atoms with Crippen molar-refractivity contribution in [2.75, 3.05) is 5.73 Å². The molecule has 0 saturated heterocycles. The van der Waals surface area contributed by atoms with E-state index in [0.29, 0.717) is 30.5 Å². The number of pyridine rings is 2. The van der Waals surface area contributed by atoms with Crippen LogP contribution in [-0.2, 0) is 11.3 Å². The maximum atomic E-state index is 12.3. The summed E-state index contributed by atoms with van der Waals surface area (Å²) in [5, 5.41) is 3.06. The van der Waals surface area contributed by atoms with Crippen LogP contribution in [0.5, 0.6) is 0 Å². The Kier molecular flexibility index (Phi) is 5.54. The minimum absolute atomic E-state index is 0.139. The molecular weight excluding hydrogens is 400 g/mol. The molecule has 3 aromatic heterocycles. The topological polar surface area (TPSA) is 98.7 Å². The van der Waals surface area contributed by atoms with E-state index in [2.05, 4.69) is 15.3 Å². The molecule has 0 aliphatic heterocycles. The molecule has 32 heavy (non-hydrogen) atoms. The van der Waals surface area contributed by atoms with Crippen molar-refractivity contribution >= 4 is 22.9 Å². The highest BCUT2D eigenvalue weighted by Crippen LogP contribution is 2.30. The first-order valence-electron chi connectivity index (χ1n) is 11.1. The van der Waals surface area contributed by atoms with E-state index in [0.717, 1.165) is 28.0 Å². The largest absolute Gasteiger partial charge is 0.383 e. The molecule has 3 N–H and O–H groups in total. The molecule has 4 aromatic rings. The molecule has 0 atom stereocenters. The van der Waals surface area contributed by atoms with E-state index < -0.39 is 0 Å². The lowest BCUT2D eigenvalue weighted by atomic mass is 10.0. The van der Waals surface area contributed by atoms with Crippen molar-refractivity contribution in [3.05, 3.63) is 66.5 Å². The normalized spacial score (nSPS) is 14.1. The van der Waals surface area contributed by atoms with Crippen molar-refractivity contribution in [1.82, 2.24) is 24.8 Å². The highest BCUT2D eigenvalue weighted by molar-refractivity contribution is 5.82. The lowest BCUT2D eigenvalue weighted by Crippen LogP contribution is -2.24. The third kappa shape index (κ3) is 4.06. The van der Waals surface area contributed by atoms with E-state index in [9.17, 15) is 4.79 Å². The number of fused-ring (bicyclic) bond motifs is 1. The van der Waals surface area contributed by atoms with Gasteiger partial charge in [0.1, 0.15) is 11.3 Å². The number of anilines is 1. The van der Waals surface area contributed by atoms with Crippen LogP contribution < -0.4 is 11.1 Å². The van der Waals surface area contributed by atoms with E-state index >= 15 is 0 Å². The second-order valence-corrected chi connectivity index (χ2v) is 8.35. The number of carbonyl (C=O) groups is 1. The van der Waals surface area contributed by atoms with E-state index in [-0.39, 0.29) is 5.91 Å². The molecule has 1 saturated carbocycles. The summed E-state index contributed by atoms with van der Waals surface area (Å²) < 4.78 is 1.99. The number of carbonyl (C=O) groups excluding carboxylic acids is 1. The molecular formula is C25H26N6O. The summed E-state index contributed by atoms with van der Waals surface area (Å²) in [4.78, 5) is 25.8. The fourth-order valence-electron chi connectivity index (χ4n) is 4.46. The van der Waals surface area contributed by atoms with Crippen molar-refractivity contribution in [2.45, 2.75) is 38.6 Å². The number of nitrogen functional groups attached to an aromatic ring is 1. The van der Waals surface area contributed by atoms with Crippen LogP contribution in [0.15, 0.2) is 60.9 Å². The Morgan fingerprint density at radius 1 is 1.03 bits per heavy atom. The average molecular weight is 427 g/mol. The van der Waals surface area contributed by atoms with E-state index in [1.54, 1.807) is 12.4 Å². The Hall–Kier alpha value is -3.74. The number of hydrogen-bond donors (Lipinski definition) is 2. The molecule has 0 spiro atoms. The fourth-order valence-corrected chi connectivity index (χ4v) is 4.46. The first-order chi connectivity index (χ1) is 15.7. The van der Waals surface area contributed by atoms with Crippen molar-refractivity contribution in [3.63, 3.8) is 0 Å². The molecule has 1 aliphatic carbocycles. The molecule has 0 unspecified atom stereocenters. The number of imidazole rings is 1. The van der Waals surface area contributed by atoms with Crippen molar-refractivity contribution < 1.29 is 4.79 Å². The lowest BCUT2D eigenvalue weighted by molar-refractivity contribution is -0.122. The number of nitrogens with one attached hydrogen (secondary N) is 1. The van der Waals surface area contributed by atoms with Gasteiger partial charge in [-0.1, -0.05) is 25.0 Å². The van der Waals surface area contributed by atoms with Gasteiger partial charge in [0, 0.05) is 31.0 Å². The van der Waals surface area contributed by atoms with Gasteiger partial charge in [-0.3, -0.25) is 9.36 Å². The van der Waals surface area contributed by atoms with Gasteiger partial charge in [0.25, 0.3) is 0 Å². The lowest BCUT2D eigenvalue weighted by Gasteiger charge is -2.12. The summed E-state index contributed by atoms with van der Waals surface area (Å²) >= 11 is 0. The van der Waals surface area contributed by atoms with Crippen molar-refractivity contribution in [3.8, 4) is 17.1 Å². The number of benzene rings is 1. The van der Waals surface area contributed by atoms with E-state index in [1.165, 1.54) is 25.7 Å². The van der Waals surface area contributed by atoms with Gasteiger partial charge >= 0.3 is 0 Å². The fraction of sp³-hybridized carbons (Fsp3) is 0.280. The summed E-state index contributed by atoms with van der Waals surface area (Å²) in [6.07, 6.45) is 8.93. The summed E-state index contributed by atoms with van der Waals surface area (Å²) in [5.41, 5.74) is 10.4. The van der Waals surface area contributed by atoms with E-state index in [4.69, 9.17) is 10.7 Å². The van der Waals surface area contributed by atoms with Crippen molar-refractivity contribution in [1.29, 1.82) is 0 Å². The van der Waals surface area contributed by atoms with Gasteiger partial charge in [-0.05, 0) is 60.7 Å². The molecule has 3 heterocycles. The van der Waals surface area contributed by atoms with Crippen LogP contribution in [0.3, 0.4) is 0 Å². The van der Waals surface area contributed by atoms with Gasteiger partial charge in [-0.2, -0.15) is 0 Å². The minimum Gasteiger partial charge on any atom is -0.383 e. The Bertz CT molecular complexity index is 1240. The third-order valence-corrected chi connectivity index (χ3v) is 6.13. The van der Waals surface area contributed by atoms with Crippen LogP contribution in [0, 0.1) is 5.92 Å². The summed E-state index contributed by atoms with van der Waals surface area (Å²) in [5.74, 6) is 1.81. The SMILES string of the molecule is Nc1ncccc1-c1nc2cccnc2n1-c1ccc(CNC(=O)CC2CCCC2)cc1. The molecule has 1 aromatic carbocycles. The van der Waals surface area contributed by atoms with Gasteiger partial charge in [-0.25, -0.2) is 15.0 Å². The van der Waals surface area contributed by atoms with E-state index in [1.807, 2.05) is 53.1 Å². The smallest absolute Gasteiger partial charge is 0.220 e. The number of hydrogen-bond acceptors (Lipinski definition) is 5. The molecule has 1 amide bonds. The number of rotatable bonds is 6. The third-order valence-electron chi connectivity index (χ3n) is 6.13. The summed E-state index contributed by atoms with van der Waals surface area (Å²) in [7, 11) is 0. The molecule has 5 rings (SSSR count). The highest BCUT2D eigenvalue weighted by atomic mass is 16.1. The first kappa shape index (κ1) is 20.2. The summed E-state index contributed by atoms with van der Waals surface area (Å²) in [6.45, 7) is 0.525. The summed E-state index contributed by atoms with van der Waals surface area (Å²) in [6, 6.07) is 15.6. The predicted octanol–water partition coefficient (Wildman–Crippen LogP) is 4.26. The zero-order chi connectivity index (χ0) is 21.9.